The van der Waals surface area contributed by atoms with Crippen LogP contribution in [0.2, 0.25) is 0 Å². The predicted molar refractivity (Wildman–Crippen MR) is 33.7 cm³/mol. The van der Waals surface area contributed by atoms with Crippen LogP contribution in [-0.2, 0) is 11.3 Å². The van der Waals surface area contributed by atoms with Crippen molar-refractivity contribution in [2.24, 2.45) is 0 Å². The van der Waals surface area contributed by atoms with Crippen LogP contribution in [0.1, 0.15) is 5.82 Å². The molecule has 1 heterocycles. The first-order chi connectivity index (χ1) is 4.34. The van der Waals surface area contributed by atoms with E-state index in [1.54, 1.807) is 24.1 Å². The first-order valence-corrected chi connectivity index (χ1v) is 2.66. The fraction of sp³-hybridized carbons (Fsp3) is 0.333. The summed E-state index contributed by atoms with van der Waals surface area (Å²) in [6.07, 6.45) is 3.48. The largest absolute Gasteiger partial charge is 0.377 e. The maximum absolute atomic E-state index is 4.84. The van der Waals surface area contributed by atoms with Crippen molar-refractivity contribution >= 4 is 0 Å². The van der Waals surface area contributed by atoms with Gasteiger partial charge in [0, 0.05) is 26.6 Å². The fourth-order valence-electron chi connectivity index (χ4n) is 0.609. The van der Waals surface area contributed by atoms with E-state index < -0.39 is 0 Å². The number of methoxy groups -OCH3 is 1. The van der Waals surface area contributed by atoms with Crippen molar-refractivity contribution in [2.45, 2.75) is 6.61 Å². The molecule has 0 bridgehead atoms. The molecule has 0 aromatic carbocycles. The van der Waals surface area contributed by atoms with Gasteiger partial charge in [0.15, 0.2) is 0 Å². The van der Waals surface area contributed by atoms with E-state index in [2.05, 4.69) is 12.0 Å². The molecule has 9 heavy (non-hydrogen) atoms. The Balaban J connectivity index is 2.69. The smallest absolute Gasteiger partial charge is 0.134 e. The zero-order valence-corrected chi connectivity index (χ0v) is 5.37. The number of hydrogen-bond donors (Lipinski definition) is 0. The molecular formula is C6H9N2O. The first kappa shape index (κ1) is 6.29. The standard InChI is InChI=1S/C6H9N2O/c1-8-4-3-7-6(8)5-9-2/h3-4H,1,5H2,2H3. The van der Waals surface area contributed by atoms with Crippen molar-refractivity contribution < 1.29 is 4.74 Å². The molecular weight excluding hydrogens is 116 g/mol. The Morgan fingerprint density at radius 1 is 1.89 bits per heavy atom. The van der Waals surface area contributed by atoms with Gasteiger partial charge in [-0.3, -0.25) is 0 Å². The van der Waals surface area contributed by atoms with E-state index in [1.807, 2.05) is 0 Å². The Kier molecular flexibility index (Phi) is 1.85. The average Bonchev–Trinajstić information content (AvgIpc) is 2.18. The van der Waals surface area contributed by atoms with Gasteiger partial charge in [-0.25, -0.2) is 4.98 Å². The molecule has 0 spiro atoms. The van der Waals surface area contributed by atoms with E-state index in [0.29, 0.717) is 6.61 Å². The monoisotopic (exact) mass is 125 g/mol. The number of rotatable bonds is 2. The van der Waals surface area contributed by atoms with E-state index >= 15 is 0 Å². The lowest BCUT2D eigenvalue weighted by atomic mass is 10.6. The number of imidazole rings is 1. The van der Waals surface area contributed by atoms with Crippen molar-refractivity contribution in [1.82, 2.24) is 9.55 Å². The molecule has 0 N–H and O–H groups in total. The van der Waals surface area contributed by atoms with Gasteiger partial charge in [0.2, 0.25) is 0 Å². The van der Waals surface area contributed by atoms with Gasteiger partial charge in [-0.1, -0.05) is 0 Å². The van der Waals surface area contributed by atoms with Crippen LogP contribution in [0, 0.1) is 7.05 Å². The Morgan fingerprint density at radius 2 is 2.67 bits per heavy atom. The maximum Gasteiger partial charge on any atom is 0.134 e. The summed E-state index contributed by atoms with van der Waals surface area (Å²) in [4.78, 5) is 3.98. The second-order valence-corrected chi connectivity index (χ2v) is 1.75. The summed E-state index contributed by atoms with van der Waals surface area (Å²) in [6.45, 7) is 0.524. The second-order valence-electron chi connectivity index (χ2n) is 1.75. The highest BCUT2D eigenvalue weighted by atomic mass is 16.5. The highest BCUT2D eigenvalue weighted by Crippen LogP contribution is 1.94. The first-order valence-electron chi connectivity index (χ1n) is 2.66. The van der Waals surface area contributed by atoms with Gasteiger partial charge in [0.1, 0.15) is 12.4 Å². The lowest BCUT2D eigenvalue weighted by Gasteiger charge is -1.96. The van der Waals surface area contributed by atoms with Gasteiger partial charge in [-0.2, -0.15) is 0 Å². The average molecular weight is 125 g/mol. The zero-order valence-electron chi connectivity index (χ0n) is 5.37. The molecule has 0 unspecified atom stereocenters. The van der Waals surface area contributed by atoms with E-state index in [-0.39, 0.29) is 0 Å². The lowest BCUT2D eigenvalue weighted by Crippen LogP contribution is -1.96. The van der Waals surface area contributed by atoms with Crippen LogP contribution in [-0.4, -0.2) is 16.7 Å². The van der Waals surface area contributed by atoms with E-state index in [9.17, 15) is 0 Å². The molecule has 0 aliphatic heterocycles. The summed E-state index contributed by atoms with van der Waals surface area (Å²) in [5, 5.41) is 0. The van der Waals surface area contributed by atoms with Crippen LogP contribution < -0.4 is 0 Å². The maximum atomic E-state index is 4.84. The lowest BCUT2D eigenvalue weighted by molar-refractivity contribution is 0.176. The van der Waals surface area contributed by atoms with Crippen LogP contribution >= 0.6 is 0 Å². The SMILES string of the molecule is [CH2]n1ccnc1COC. The van der Waals surface area contributed by atoms with Crippen molar-refractivity contribution in [3.05, 3.63) is 25.3 Å². The molecule has 1 radical (unpaired) electrons. The van der Waals surface area contributed by atoms with Crippen LogP contribution in [0.5, 0.6) is 0 Å². The molecule has 1 rings (SSSR count). The quantitative estimate of drug-likeness (QED) is 0.580. The molecule has 0 fully saturated rings. The number of aromatic nitrogens is 2. The van der Waals surface area contributed by atoms with Crippen LogP contribution in [0.3, 0.4) is 0 Å². The molecule has 3 nitrogen and oxygen atoms in total. The summed E-state index contributed by atoms with van der Waals surface area (Å²) in [6, 6.07) is 0. The highest BCUT2D eigenvalue weighted by Gasteiger charge is 1.94. The Morgan fingerprint density at radius 3 is 3.11 bits per heavy atom. The third-order valence-corrected chi connectivity index (χ3v) is 1.08. The molecule has 1 aromatic rings. The highest BCUT2D eigenvalue weighted by molar-refractivity contribution is 4.91. The van der Waals surface area contributed by atoms with Crippen molar-refractivity contribution in [1.29, 1.82) is 0 Å². The van der Waals surface area contributed by atoms with Gasteiger partial charge in [-0.05, 0) is 0 Å². The molecule has 0 aliphatic carbocycles. The Hall–Kier alpha value is -0.830. The van der Waals surface area contributed by atoms with Crippen molar-refractivity contribution in [2.75, 3.05) is 7.11 Å². The molecule has 3 heteroatoms. The minimum Gasteiger partial charge on any atom is -0.377 e. The van der Waals surface area contributed by atoms with Crippen LogP contribution in [0.15, 0.2) is 12.4 Å². The summed E-state index contributed by atoms with van der Waals surface area (Å²) in [7, 11) is 5.31. The second kappa shape index (κ2) is 2.64. The molecule has 0 aliphatic rings. The minimum atomic E-state index is 0.524. The van der Waals surface area contributed by atoms with Gasteiger partial charge >= 0.3 is 0 Å². The van der Waals surface area contributed by atoms with E-state index in [4.69, 9.17) is 4.74 Å². The molecule has 0 amide bonds. The third-order valence-electron chi connectivity index (χ3n) is 1.08. The minimum absolute atomic E-state index is 0.524. The zero-order chi connectivity index (χ0) is 6.69. The molecule has 0 atom stereocenters. The Labute approximate surface area is 54.3 Å². The topological polar surface area (TPSA) is 27.1 Å². The molecule has 0 saturated carbocycles. The van der Waals surface area contributed by atoms with Gasteiger partial charge in [0.25, 0.3) is 0 Å². The fourth-order valence-corrected chi connectivity index (χ4v) is 0.609. The number of nitrogens with zero attached hydrogens (tertiary/aromatic N) is 2. The third kappa shape index (κ3) is 1.29. The summed E-state index contributed by atoms with van der Waals surface area (Å²) >= 11 is 0. The van der Waals surface area contributed by atoms with Gasteiger partial charge in [0.05, 0.1) is 0 Å². The molecule has 1 aromatic heterocycles. The Bertz CT molecular complexity index is 183. The molecule has 49 valence electrons. The van der Waals surface area contributed by atoms with E-state index in [0.717, 1.165) is 5.82 Å². The summed E-state index contributed by atoms with van der Waals surface area (Å²) in [5.74, 6) is 0.845. The van der Waals surface area contributed by atoms with Crippen molar-refractivity contribution in [3.8, 4) is 0 Å². The summed E-state index contributed by atoms with van der Waals surface area (Å²) in [5.41, 5.74) is 0. The normalized spacial score (nSPS) is 10.0. The van der Waals surface area contributed by atoms with Crippen molar-refractivity contribution in [3.63, 3.8) is 0 Å². The van der Waals surface area contributed by atoms with E-state index in [1.165, 1.54) is 0 Å². The summed E-state index contributed by atoms with van der Waals surface area (Å²) < 4.78 is 6.53. The van der Waals surface area contributed by atoms with Crippen LogP contribution in [0.25, 0.3) is 0 Å². The predicted octanol–water partition coefficient (Wildman–Crippen LogP) is 0.669. The van der Waals surface area contributed by atoms with Gasteiger partial charge < -0.3 is 9.30 Å². The van der Waals surface area contributed by atoms with Gasteiger partial charge in [-0.15, -0.1) is 0 Å². The molecule has 0 saturated heterocycles. The number of hydrogen-bond acceptors (Lipinski definition) is 2. The van der Waals surface area contributed by atoms with Crippen LogP contribution in [0.4, 0.5) is 0 Å². The number of ether oxygens (including phenoxy) is 1.